The third-order valence-corrected chi connectivity index (χ3v) is 7.63. The largest absolute Gasteiger partial charge is 0.591 e. The zero-order valence-electron chi connectivity index (χ0n) is 17.8. The van der Waals surface area contributed by atoms with E-state index in [1.165, 1.54) is 5.56 Å². The van der Waals surface area contributed by atoms with Crippen LogP contribution in [-0.4, -0.2) is 28.2 Å². The number of ether oxygens (including phenoxy) is 1. The van der Waals surface area contributed by atoms with Crippen molar-refractivity contribution in [3.05, 3.63) is 33.8 Å². The highest BCUT2D eigenvalue weighted by Gasteiger charge is 2.42. The zero-order valence-corrected chi connectivity index (χ0v) is 20.2. The van der Waals surface area contributed by atoms with Gasteiger partial charge in [-0.05, 0) is 63.6 Å². The first-order chi connectivity index (χ1) is 12.5. The van der Waals surface area contributed by atoms with E-state index in [-0.39, 0.29) is 16.3 Å². The van der Waals surface area contributed by atoms with Crippen LogP contribution < -0.4 is 0 Å². The van der Waals surface area contributed by atoms with Gasteiger partial charge in [0, 0.05) is 22.6 Å². The highest BCUT2D eigenvalue weighted by atomic mass is 79.9. The molecule has 5 heteroatoms. The third kappa shape index (κ3) is 5.37. The predicted octanol–water partition coefficient (Wildman–Crippen LogP) is 6.10. The second-order valence-corrected chi connectivity index (χ2v) is 11.9. The fourth-order valence-corrected chi connectivity index (χ4v) is 4.82. The van der Waals surface area contributed by atoms with Gasteiger partial charge in [0.25, 0.3) is 0 Å². The molecule has 2 rings (SSSR count). The fourth-order valence-electron chi connectivity index (χ4n) is 3.70. The zero-order chi connectivity index (χ0) is 20.4. The Kier molecular flexibility index (Phi) is 7.62. The number of hydrogen-bond acceptors (Lipinski definition) is 3. The molecule has 1 aromatic rings. The van der Waals surface area contributed by atoms with E-state index in [1.807, 2.05) is 27.9 Å². The van der Waals surface area contributed by atoms with Gasteiger partial charge in [-0.2, -0.15) is 0 Å². The van der Waals surface area contributed by atoms with Crippen LogP contribution in [0, 0.1) is 11.3 Å². The lowest BCUT2D eigenvalue weighted by Gasteiger charge is -2.29. The quantitative estimate of drug-likeness (QED) is 0.465. The van der Waals surface area contributed by atoms with Crippen molar-refractivity contribution >= 4 is 33.0 Å². The average molecular weight is 456 g/mol. The van der Waals surface area contributed by atoms with Gasteiger partial charge in [0.15, 0.2) is 0 Å². The summed E-state index contributed by atoms with van der Waals surface area (Å²) in [7, 11) is 1.81. The summed E-state index contributed by atoms with van der Waals surface area (Å²) in [5.74, 6) is 0.528. The summed E-state index contributed by atoms with van der Waals surface area (Å²) in [4.78, 5) is 0. The minimum Gasteiger partial charge on any atom is -0.591 e. The van der Waals surface area contributed by atoms with Gasteiger partial charge in [-0.15, -0.1) is 0 Å². The molecular formula is C22H34BrNO2S. The Morgan fingerprint density at radius 2 is 2.04 bits per heavy atom. The van der Waals surface area contributed by atoms with Crippen LogP contribution in [0.2, 0.25) is 0 Å². The Labute approximate surface area is 176 Å². The Bertz CT molecular complexity index is 685. The summed E-state index contributed by atoms with van der Waals surface area (Å²) >= 11 is 2.31. The number of methoxy groups -OCH3 is 1. The molecule has 1 aliphatic carbocycles. The summed E-state index contributed by atoms with van der Waals surface area (Å²) < 4.78 is 24.1. The SMILES string of the molecule is CC[C@@H](C)[C@H](CC[C@]1(C)Cc2ccc(Br)cc2/C1=N/[S@@+]([O-])C(C)(C)C)OC. The first kappa shape index (κ1) is 22.9. The Morgan fingerprint density at radius 3 is 2.59 bits per heavy atom. The number of fused-ring (bicyclic) bond motifs is 1. The van der Waals surface area contributed by atoms with E-state index in [2.05, 4.69) is 54.9 Å². The Balaban J connectivity index is 2.37. The molecule has 0 fully saturated rings. The Hall–Kier alpha value is -0.360. The van der Waals surface area contributed by atoms with E-state index in [9.17, 15) is 4.55 Å². The molecule has 0 saturated heterocycles. The summed E-state index contributed by atoms with van der Waals surface area (Å²) in [6.07, 6.45) is 4.25. The molecule has 0 bridgehead atoms. The van der Waals surface area contributed by atoms with Crippen LogP contribution in [0.15, 0.2) is 27.1 Å². The van der Waals surface area contributed by atoms with E-state index in [4.69, 9.17) is 9.13 Å². The summed E-state index contributed by atoms with van der Waals surface area (Å²) in [6.45, 7) is 12.7. The summed E-state index contributed by atoms with van der Waals surface area (Å²) in [5, 5.41) is 0. The van der Waals surface area contributed by atoms with Crippen LogP contribution in [0.1, 0.15) is 71.9 Å². The minimum atomic E-state index is -1.27. The average Bonchev–Trinajstić information content (AvgIpc) is 2.86. The van der Waals surface area contributed by atoms with Crippen LogP contribution in [0.5, 0.6) is 0 Å². The standard InChI is InChI=1S/C22H34BrNO2S/c1-8-15(2)19(26-7)11-12-22(6)14-16-9-10-17(23)13-18(16)20(22)24-27(25)21(3,4)5/h9-10,13,15,19H,8,11-12,14H2,1-7H3/b24-20-/t15-,19+,22-,27+/m1/s1. The van der Waals surface area contributed by atoms with Crippen LogP contribution >= 0.6 is 15.9 Å². The van der Waals surface area contributed by atoms with Crippen molar-refractivity contribution in [2.75, 3.05) is 7.11 Å². The van der Waals surface area contributed by atoms with Crippen molar-refractivity contribution in [2.45, 2.75) is 78.1 Å². The molecule has 27 heavy (non-hydrogen) atoms. The van der Waals surface area contributed by atoms with E-state index < -0.39 is 11.4 Å². The lowest BCUT2D eigenvalue weighted by molar-refractivity contribution is 0.0436. The lowest BCUT2D eigenvalue weighted by Crippen LogP contribution is -2.32. The topological polar surface area (TPSA) is 44.7 Å². The molecule has 0 unspecified atom stereocenters. The molecule has 0 amide bonds. The molecule has 0 aliphatic heterocycles. The smallest absolute Gasteiger partial charge is 0.144 e. The van der Waals surface area contributed by atoms with E-state index in [0.717, 1.165) is 41.4 Å². The molecule has 0 heterocycles. The molecule has 3 nitrogen and oxygen atoms in total. The van der Waals surface area contributed by atoms with Crippen LogP contribution in [0.4, 0.5) is 0 Å². The summed E-state index contributed by atoms with van der Waals surface area (Å²) in [5.41, 5.74) is 3.31. The molecule has 1 aliphatic rings. The van der Waals surface area contributed by atoms with Gasteiger partial charge in [0.1, 0.15) is 21.8 Å². The number of benzene rings is 1. The van der Waals surface area contributed by atoms with E-state index in [0.29, 0.717) is 5.92 Å². The summed E-state index contributed by atoms with van der Waals surface area (Å²) in [6, 6.07) is 6.38. The molecule has 0 spiro atoms. The number of rotatable bonds is 7. The number of halogens is 1. The molecule has 0 aromatic heterocycles. The molecule has 0 saturated carbocycles. The van der Waals surface area contributed by atoms with Gasteiger partial charge in [-0.25, -0.2) is 0 Å². The molecule has 0 radical (unpaired) electrons. The molecule has 152 valence electrons. The maximum atomic E-state index is 12.8. The Morgan fingerprint density at radius 1 is 1.37 bits per heavy atom. The number of nitrogens with zero attached hydrogens (tertiary/aromatic N) is 1. The van der Waals surface area contributed by atoms with Gasteiger partial charge in [0.2, 0.25) is 0 Å². The number of hydrogen-bond donors (Lipinski definition) is 0. The van der Waals surface area contributed by atoms with Gasteiger partial charge in [-0.3, -0.25) is 0 Å². The van der Waals surface area contributed by atoms with Gasteiger partial charge < -0.3 is 9.29 Å². The normalized spacial score (nSPS) is 24.7. The minimum absolute atomic E-state index is 0.117. The fraction of sp³-hybridized carbons (Fsp3) is 0.682. The highest BCUT2D eigenvalue weighted by Crippen LogP contribution is 2.43. The van der Waals surface area contributed by atoms with Crippen LogP contribution in [0.3, 0.4) is 0 Å². The second kappa shape index (κ2) is 8.98. The van der Waals surface area contributed by atoms with E-state index >= 15 is 0 Å². The van der Waals surface area contributed by atoms with E-state index in [1.54, 1.807) is 0 Å². The second-order valence-electron chi connectivity index (χ2n) is 9.04. The monoisotopic (exact) mass is 455 g/mol. The van der Waals surface area contributed by atoms with Crippen LogP contribution in [-0.2, 0) is 22.5 Å². The lowest BCUT2D eigenvalue weighted by atomic mass is 9.79. The predicted molar refractivity (Wildman–Crippen MR) is 120 cm³/mol. The molecular weight excluding hydrogens is 422 g/mol. The first-order valence-electron chi connectivity index (χ1n) is 9.84. The van der Waals surface area contributed by atoms with Gasteiger partial charge in [-0.1, -0.05) is 53.6 Å². The maximum absolute atomic E-state index is 12.8. The molecule has 4 atom stereocenters. The maximum Gasteiger partial charge on any atom is 0.144 e. The molecule has 1 aromatic carbocycles. The van der Waals surface area contributed by atoms with Crippen molar-refractivity contribution in [3.8, 4) is 0 Å². The van der Waals surface area contributed by atoms with Crippen molar-refractivity contribution in [2.24, 2.45) is 15.7 Å². The van der Waals surface area contributed by atoms with Crippen molar-refractivity contribution in [3.63, 3.8) is 0 Å². The molecule has 0 N–H and O–H groups in total. The van der Waals surface area contributed by atoms with Crippen molar-refractivity contribution < 1.29 is 9.29 Å². The van der Waals surface area contributed by atoms with Gasteiger partial charge >= 0.3 is 0 Å². The third-order valence-electron chi connectivity index (χ3n) is 5.74. The highest BCUT2D eigenvalue weighted by molar-refractivity contribution is 9.10. The van der Waals surface area contributed by atoms with Crippen LogP contribution in [0.25, 0.3) is 0 Å². The van der Waals surface area contributed by atoms with Crippen molar-refractivity contribution in [1.29, 1.82) is 0 Å². The van der Waals surface area contributed by atoms with Gasteiger partial charge in [0.05, 0.1) is 6.10 Å². The van der Waals surface area contributed by atoms with Crippen molar-refractivity contribution in [1.82, 2.24) is 0 Å². The first-order valence-corrected chi connectivity index (χ1v) is 11.7.